The molecule has 1 atom stereocenters. The number of nitrogens with zero attached hydrogens (tertiary/aromatic N) is 1. The fourth-order valence-electron chi connectivity index (χ4n) is 1.93. The molecule has 20 heavy (non-hydrogen) atoms. The number of aromatic amines is 1. The summed E-state index contributed by atoms with van der Waals surface area (Å²) in [5.41, 5.74) is -0.0437. The van der Waals surface area contributed by atoms with E-state index in [1.807, 2.05) is 0 Å². The van der Waals surface area contributed by atoms with Crippen LogP contribution in [0.25, 0.3) is 0 Å². The molecule has 1 amide bonds. The minimum Gasteiger partial charge on any atom is -0.352 e. The Kier molecular flexibility index (Phi) is 6.15. The maximum atomic E-state index is 12.0. The summed E-state index contributed by atoms with van der Waals surface area (Å²) < 4.78 is 22.6. The number of nitrogens with two attached hydrogens (primary N) is 1. The number of hydrogen-bond donors (Lipinski definition) is 3. The zero-order valence-corrected chi connectivity index (χ0v) is 12.7. The van der Waals surface area contributed by atoms with Gasteiger partial charge in [0.1, 0.15) is 0 Å². The fourth-order valence-corrected chi connectivity index (χ4v) is 2.56. The van der Waals surface area contributed by atoms with E-state index in [2.05, 4.69) is 29.4 Å². The molecule has 4 N–H and O–H groups in total. The van der Waals surface area contributed by atoms with Gasteiger partial charge in [-0.25, -0.2) is 13.6 Å². The van der Waals surface area contributed by atoms with Crippen molar-refractivity contribution in [1.29, 1.82) is 0 Å². The number of carbonyl (C=O) groups is 1. The van der Waals surface area contributed by atoms with Gasteiger partial charge in [-0.05, 0) is 12.3 Å². The average molecular weight is 302 g/mol. The van der Waals surface area contributed by atoms with E-state index in [0.717, 1.165) is 25.7 Å². The number of aromatic nitrogens is 2. The van der Waals surface area contributed by atoms with E-state index < -0.39 is 15.9 Å². The van der Waals surface area contributed by atoms with Crippen LogP contribution in [0.5, 0.6) is 0 Å². The van der Waals surface area contributed by atoms with Gasteiger partial charge in [-0.15, -0.1) is 0 Å². The van der Waals surface area contributed by atoms with Crippen LogP contribution in [0.4, 0.5) is 0 Å². The molecule has 0 bridgehead atoms. The van der Waals surface area contributed by atoms with Crippen LogP contribution in [0.2, 0.25) is 0 Å². The lowest BCUT2D eigenvalue weighted by molar-refractivity contribution is 0.0942. The third-order valence-electron chi connectivity index (χ3n) is 3.23. The Morgan fingerprint density at radius 2 is 2.20 bits per heavy atom. The van der Waals surface area contributed by atoms with Crippen molar-refractivity contribution in [1.82, 2.24) is 15.5 Å². The highest BCUT2D eigenvalue weighted by molar-refractivity contribution is 7.89. The molecule has 0 saturated carbocycles. The molecule has 0 aliphatic heterocycles. The summed E-state index contributed by atoms with van der Waals surface area (Å²) in [6, 6.07) is 0. The average Bonchev–Trinajstić information content (AvgIpc) is 2.88. The van der Waals surface area contributed by atoms with Crippen LogP contribution in [-0.4, -0.2) is 31.1 Å². The predicted molar refractivity (Wildman–Crippen MR) is 75.6 cm³/mol. The second-order valence-corrected chi connectivity index (χ2v) is 6.28. The van der Waals surface area contributed by atoms with E-state index in [1.165, 1.54) is 6.20 Å². The van der Waals surface area contributed by atoms with Crippen molar-refractivity contribution >= 4 is 15.9 Å². The Balaban J connectivity index is 2.66. The van der Waals surface area contributed by atoms with Crippen molar-refractivity contribution in [3.63, 3.8) is 0 Å². The van der Waals surface area contributed by atoms with Gasteiger partial charge in [-0.2, -0.15) is 5.10 Å². The molecule has 1 aromatic heterocycles. The Bertz CT molecular complexity index is 539. The summed E-state index contributed by atoms with van der Waals surface area (Å²) in [5, 5.41) is 13.2. The maximum Gasteiger partial charge on any atom is 0.255 e. The number of carbonyl (C=O) groups excluding carboxylic acids is 1. The van der Waals surface area contributed by atoms with Crippen molar-refractivity contribution in [3.05, 3.63) is 11.8 Å². The van der Waals surface area contributed by atoms with E-state index >= 15 is 0 Å². The first kappa shape index (κ1) is 16.6. The zero-order valence-electron chi connectivity index (χ0n) is 11.8. The van der Waals surface area contributed by atoms with Gasteiger partial charge in [0.05, 0.1) is 11.8 Å². The van der Waals surface area contributed by atoms with Crippen LogP contribution in [0.3, 0.4) is 0 Å². The molecule has 0 aromatic carbocycles. The van der Waals surface area contributed by atoms with E-state index in [-0.39, 0.29) is 10.6 Å². The minimum atomic E-state index is -3.97. The molecule has 1 aromatic rings. The Morgan fingerprint density at radius 1 is 1.50 bits per heavy atom. The highest BCUT2D eigenvalue weighted by Gasteiger charge is 2.22. The second kappa shape index (κ2) is 7.39. The fraction of sp³-hybridized carbons (Fsp3) is 0.667. The van der Waals surface area contributed by atoms with Gasteiger partial charge in [-0.3, -0.25) is 9.89 Å². The highest BCUT2D eigenvalue weighted by Crippen LogP contribution is 2.13. The van der Waals surface area contributed by atoms with Crippen LogP contribution >= 0.6 is 0 Å². The molecule has 0 aliphatic carbocycles. The van der Waals surface area contributed by atoms with Gasteiger partial charge in [0.15, 0.2) is 5.03 Å². The van der Waals surface area contributed by atoms with E-state index in [4.69, 9.17) is 5.14 Å². The molecule has 7 nitrogen and oxygen atoms in total. The van der Waals surface area contributed by atoms with Gasteiger partial charge in [0.2, 0.25) is 0 Å². The number of primary sulfonamides is 1. The van der Waals surface area contributed by atoms with Crippen molar-refractivity contribution in [2.45, 2.75) is 44.6 Å². The largest absolute Gasteiger partial charge is 0.352 e. The number of rotatable bonds is 8. The first-order chi connectivity index (χ1) is 9.40. The number of H-pyrrole nitrogens is 1. The van der Waals surface area contributed by atoms with Crippen LogP contribution in [0.1, 0.15) is 49.9 Å². The topological polar surface area (TPSA) is 118 Å². The van der Waals surface area contributed by atoms with Gasteiger partial charge in [0.25, 0.3) is 15.9 Å². The molecule has 0 fully saturated rings. The number of nitrogens with one attached hydrogen (secondary N) is 2. The van der Waals surface area contributed by atoms with Gasteiger partial charge in [0, 0.05) is 6.54 Å². The summed E-state index contributed by atoms with van der Waals surface area (Å²) in [6.07, 6.45) is 5.40. The molecule has 0 saturated heterocycles. The molecule has 8 heteroatoms. The summed E-state index contributed by atoms with van der Waals surface area (Å²) in [5.74, 6) is -0.0820. The maximum absolute atomic E-state index is 12.0. The number of hydrogen-bond acceptors (Lipinski definition) is 4. The number of sulfonamides is 1. The molecule has 1 rings (SSSR count). The summed E-state index contributed by atoms with van der Waals surface area (Å²) in [7, 11) is -3.97. The van der Waals surface area contributed by atoms with Crippen LogP contribution in [0, 0.1) is 5.92 Å². The van der Waals surface area contributed by atoms with E-state index in [1.54, 1.807) is 0 Å². The number of amides is 1. The minimum absolute atomic E-state index is 0.0437. The van der Waals surface area contributed by atoms with E-state index in [0.29, 0.717) is 12.5 Å². The third-order valence-corrected chi connectivity index (χ3v) is 4.11. The van der Waals surface area contributed by atoms with Crippen molar-refractivity contribution < 1.29 is 13.2 Å². The number of unbranched alkanes of at least 4 members (excludes halogenated alkanes) is 1. The van der Waals surface area contributed by atoms with Gasteiger partial charge < -0.3 is 5.32 Å². The second-order valence-electron chi connectivity index (χ2n) is 4.78. The molecule has 0 radical (unpaired) electrons. The third kappa shape index (κ3) is 4.61. The van der Waals surface area contributed by atoms with Crippen LogP contribution in [-0.2, 0) is 10.0 Å². The lowest BCUT2D eigenvalue weighted by atomic mass is 9.99. The van der Waals surface area contributed by atoms with Crippen LogP contribution < -0.4 is 10.5 Å². The van der Waals surface area contributed by atoms with E-state index in [9.17, 15) is 13.2 Å². The Morgan fingerprint density at radius 3 is 2.75 bits per heavy atom. The molecular formula is C12H22N4O3S. The zero-order chi connectivity index (χ0) is 15.2. The molecule has 1 heterocycles. The summed E-state index contributed by atoms with van der Waals surface area (Å²) in [6.45, 7) is 4.71. The SMILES string of the molecule is CCCCC(CC)CNC(=O)c1cn[nH]c1S(N)(=O)=O. The highest BCUT2D eigenvalue weighted by atomic mass is 32.2. The molecule has 0 spiro atoms. The normalized spacial score (nSPS) is 13.2. The molecular weight excluding hydrogens is 280 g/mol. The quantitative estimate of drug-likeness (QED) is 0.664. The first-order valence-corrected chi connectivity index (χ1v) is 8.29. The standard InChI is InChI=1S/C12H22N4O3S/c1-3-5-6-9(4-2)7-14-11(17)10-8-15-16-12(10)20(13,18)19/h8-9H,3-7H2,1-2H3,(H,14,17)(H,15,16)(H2,13,18,19). The Labute approximate surface area is 119 Å². The van der Waals surface area contributed by atoms with Gasteiger partial charge in [-0.1, -0.05) is 33.1 Å². The predicted octanol–water partition coefficient (Wildman–Crippen LogP) is 1.00. The van der Waals surface area contributed by atoms with Crippen molar-refractivity contribution in [2.75, 3.05) is 6.54 Å². The van der Waals surface area contributed by atoms with Crippen molar-refractivity contribution in [2.24, 2.45) is 11.1 Å². The summed E-state index contributed by atoms with van der Waals surface area (Å²) in [4.78, 5) is 12.0. The smallest absolute Gasteiger partial charge is 0.255 e. The summed E-state index contributed by atoms with van der Waals surface area (Å²) >= 11 is 0. The van der Waals surface area contributed by atoms with Crippen LogP contribution in [0.15, 0.2) is 11.2 Å². The van der Waals surface area contributed by atoms with Crippen molar-refractivity contribution in [3.8, 4) is 0 Å². The molecule has 0 aliphatic rings. The molecule has 114 valence electrons. The Hall–Kier alpha value is -1.41. The molecule has 1 unspecified atom stereocenters. The monoisotopic (exact) mass is 302 g/mol. The lowest BCUT2D eigenvalue weighted by Gasteiger charge is -2.15. The first-order valence-electron chi connectivity index (χ1n) is 6.74. The lowest BCUT2D eigenvalue weighted by Crippen LogP contribution is -2.30. The van der Waals surface area contributed by atoms with Gasteiger partial charge >= 0.3 is 0 Å².